The van der Waals surface area contributed by atoms with Gasteiger partial charge in [-0.1, -0.05) is 140 Å². The zero-order valence-corrected chi connectivity index (χ0v) is 36.7. The number of esters is 2. The van der Waals surface area contributed by atoms with E-state index in [-0.39, 0.29) is 12.6 Å². The number of carbonyl (C=O) groups is 3. The van der Waals surface area contributed by atoms with Gasteiger partial charge in [0.25, 0.3) is 0 Å². The molecular weight excluding hydrogens is 689 g/mol. The fourth-order valence-corrected chi connectivity index (χ4v) is 5.57. The summed E-state index contributed by atoms with van der Waals surface area (Å²) in [5.41, 5.74) is 0. The zero-order chi connectivity index (χ0) is 40.9. The maximum absolute atomic E-state index is 11.8. The second kappa shape index (κ2) is 45.5. The van der Waals surface area contributed by atoms with E-state index in [9.17, 15) is 14.4 Å². The zero-order valence-electron chi connectivity index (χ0n) is 36.7. The van der Waals surface area contributed by atoms with Crippen LogP contribution in [0.25, 0.3) is 0 Å². The SMILES string of the molecule is CCCCC/C=C\C/C=C\CCCCCCCCOC(=O)COC(=O)N(C)CCCN(C)C.CCCCC/C=C\C/C=C\CCCCCCCCOC(C)=O. The van der Waals surface area contributed by atoms with E-state index < -0.39 is 12.1 Å². The van der Waals surface area contributed by atoms with Crippen LogP contribution in [0, 0.1) is 0 Å². The summed E-state index contributed by atoms with van der Waals surface area (Å²) in [4.78, 5) is 37.6. The lowest BCUT2D eigenvalue weighted by atomic mass is 10.1. The average molecular weight is 775 g/mol. The predicted molar refractivity (Wildman–Crippen MR) is 233 cm³/mol. The van der Waals surface area contributed by atoms with Gasteiger partial charge < -0.3 is 24.0 Å². The summed E-state index contributed by atoms with van der Waals surface area (Å²) >= 11 is 0. The summed E-state index contributed by atoms with van der Waals surface area (Å²) in [7, 11) is 5.65. The Morgan fingerprint density at radius 3 is 1.27 bits per heavy atom. The molecule has 0 unspecified atom stereocenters. The van der Waals surface area contributed by atoms with E-state index in [2.05, 4.69) is 67.4 Å². The Morgan fingerprint density at radius 2 is 0.855 bits per heavy atom. The number of nitrogens with zero attached hydrogens (tertiary/aromatic N) is 2. The van der Waals surface area contributed by atoms with Crippen LogP contribution in [0.4, 0.5) is 4.79 Å². The molecule has 0 radical (unpaired) electrons. The van der Waals surface area contributed by atoms with Gasteiger partial charge in [0.05, 0.1) is 13.2 Å². The van der Waals surface area contributed by atoms with Gasteiger partial charge in [-0.15, -0.1) is 0 Å². The average Bonchev–Trinajstić information content (AvgIpc) is 3.16. The van der Waals surface area contributed by atoms with E-state index in [4.69, 9.17) is 14.2 Å². The molecule has 8 heteroatoms. The van der Waals surface area contributed by atoms with E-state index in [0.29, 0.717) is 19.8 Å². The molecule has 0 N–H and O–H groups in total. The smallest absolute Gasteiger partial charge is 0.410 e. The number of rotatable bonds is 36. The fourth-order valence-electron chi connectivity index (χ4n) is 5.57. The van der Waals surface area contributed by atoms with E-state index in [1.54, 1.807) is 7.05 Å². The molecule has 0 spiro atoms. The first kappa shape index (κ1) is 54.2. The van der Waals surface area contributed by atoms with Crippen molar-refractivity contribution in [3.8, 4) is 0 Å². The van der Waals surface area contributed by atoms with Gasteiger partial charge in [-0.2, -0.15) is 0 Å². The molecule has 0 heterocycles. The molecule has 0 aromatic heterocycles. The summed E-state index contributed by atoms with van der Waals surface area (Å²) < 4.78 is 15.1. The minimum atomic E-state index is -0.487. The third-order valence-electron chi connectivity index (χ3n) is 8.98. The van der Waals surface area contributed by atoms with Crippen molar-refractivity contribution < 1.29 is 28.6 Å². The van der Waals surface area contributed by atoms with Crippen molar-refractivity contribution in [2.75, 3.05) is 54.1 Å². The van der Waals surface area contributed by atoms with Crippen molar-refractivity contribution in [1.82, 2.24) is 9.80 Å². The Kier molecular flexibility index (Phi) is 44.9. The second-order valence-electron chi connectivity index (χ2n) is 14.9. The largest absolute Gasteiger partial charge is 0.466 e. The number of allylic oxidation sites excluding steroid dienone is 8. The number of hydrogen-bond acceptors (Lipinski definition) is 7. The molecule has 0 fully saturated rings. The Morgan fingerprint density at radius 1 is 0.455 bits per heavy atom. The van der Waals surface area contributed by atoms with Crippen LogP contribution in [0.5, 0.6) is 0 Å². The third-order valence-corrected chi connectivity index (χ3v) is 8.98. The van der Waals surface area contributed by atoms with Gasteiger partial charge >= 0.3 is 18.0 Å². The summed E-state index contributed by atoms with van der Waals surface area (Å²) in [6, 6.07) is 0. The molecule has 0 aromatic carbocycles. The molecule has 0 aromatic rings. The summed E-state index contributed by atoms with van der Waals surface area (Å²) in [5.74, 6) is -0.643. The molecule has 8 nitrogen and oxygen atoms in total. The molecule has 0 saturated carbocycles. The highest BCUT2D eigenvalue weighted by Gasteiger charge is 2.13. The van der Waals surface area contributed by atoms with Gasteiger partial charge in [0.15, 0.2) is 6.61 Å². The van der Waals surface area contributed by atoms with Gasteiger partial charge in [-0.25, -0.2) is 9.59 Å². The van der Waals surface area contributed by atoms with Crippen molar-refractivity contribution >= 4 is 18.0 Å². The summed E-state index contributed by atoms with van der Waals surface area (Å²) in [6.45, 7) is 8.10. The molecule has 0 aliphatic carbocycles. The summed E-state index contributed by atoms with van der Waals surface area (Å²) in [6.07, 6.45) is 47.7. The molecule has 0 atom stereocenters. The maximum Gasteiger partial charge on any atom is 0.410 e. The molecular formula is C47H86N2O6. The van der Waals surface area contributed by atoms with Crippen LogP contribution in [-0.4, -0.2) is 81.9 Å². The van der Waals surface area contributed by atoms with Crippen molar-refractivity contribution in [2.45, 2.75) is 181 Å². The molecule has 55 heavy (non-hydrogen) atoms. The Labute approximate surface area is 339 Å². The van der Waals surface area contributed by atoms with Crippen molar-refractivity contribution in [1.29, 1.82) is 0 Å². The van der Waals surface area contributed by atoms with Crippen LogP contribution in [0.15, 0.2) is 48.6 Å². The van der Waals surface area contributed by atoms with Crippen LogP contribution >= 0.6 is 0 Å². The van der Waals surface area contributed by atoms with Crippen LogP contribution in [0.1, 0.15) is 181 Å². The van der Waals surface area contributed by atoms with Crippen LogP contribution < -0.4 is 0 Å². The lowest BCUT2D eigenvalue weighted by molar-refractivity contribution is -0.147. The topological polar surface area (TPSA) is 85.4 Å². The van der Waals surface area contributed by atoms with E-state index in [1.807, 2.05) is 14.1 Å². The minimum absolute atomic E-state index is 0.164. The number of hydrogen-bond donors (Lipinski definition) is 0. The molecule has 0 saturated heterocycles. The molecule has 320 valence electrons. The number of amides is 1. The van der Waals surface area contributed by atoms with Crippen molar-refractivity contribution in [2.24, 2.45) is 0 Å². The van der Waals surface area contributed by atoms with E-state index >= 15 is 0 Å². The third kappa shape index (κ3) is 49.1. The van der Waals surface area contributed by atoms with E-state index in [1.165, 1.54) is 121 Å². The second-order valence-corrected chi connectivity index (χ2v) is 14.9. The first-order chi connectivity index (χ1) is 26.7. The number of ether oxygens (including phenoxy) is 3. The van der Waals surface area contributed by atoms with Gasteiger partial charge in [-0.3, -0.25) is 4.79 Å². The van der Waals surface area contributed by atoms with Gasteiger partial charge in [0.2, 0.25) is 0 Å². The lowest BCUT2D eigenvalue weighted by Crippen LogP contribution is -2.31. The Hall–Kier alpha value is -2.87. The highest BCUT2D eigenvalue weighted by Crippen LogP contribution is 2.10. The molecule has 1 amide bonds. The van der Waals surface area contributed by atoms with E-state index in [0.717, 1.165) is 57.9 Å². The van der Waals surface area contributed by atoms with Gasteiger partial charge in [0.1, 0.15) is 0 Å². The first-order valence-corrected chi connectivity index (χ1v) is 22.2. The molecule has 0 rings (SSSR count). The molecule has 0 bridgehead atoms. The molecule has 0 aliphatic heterocycles. The first-order valence-electron chi connectivity index (χ1n) is 22.2. The highest BCUT2D eigenvalue weighted by atomic mass is 16.6. The predicted octanol–water partition coefficient (Wildman–Crippen LogP) is 12.7. The standard InChI is InChI=1S/C27H50N2O4.C20H36O2/c1-5-6-7-8-9-10-11-12-13-14-15-16-17-18-19-20-24-32-26(30)25-33-27(31)29(4)23-21-22-28(2)3;1-3-4-5-6-7-8-9-10-11-12-13-14-15-16-17-18-19-22-20(2)21/h9-10,12-13H,5-8,11,14-25H2,1-4H3;7-8,10-11H,3-6,9,12-19H2,1-2H3/b10-9-,13-12-;8-7-,11-10-. The summed E-state index contributed by atoms with van der Waals surface area (Å²) in [5, 5.41) is 0. The number of carbonyl (C=O) groups excluding carboxylic acids is 3. The Bertz CT molecular complexity index is 974. The lowest BCUT2D eigenvalue weighted by Gasteiger charge is -2.17. The minimum Gasteiger partial charge on any atom is -0.466 e. The van der Waals surface area contributed by atoms with Crippen molar-refractivity contribution in [3.05, 3.63) is 48.6 Å². The Balaban J connectivity index is 0. The monoisotopic (exact) mass is 775 g/mol. The molecule has 0 aliphatic rings. The normalized spacial score (nSPS) is 11.5. The number of unbranched alkanes of at least 4 members (excludes halogenated alkanes) is 18. The maximum atomic E-state index is 11.8. The van der Waals surface area contributed by atoms with Crippen LogP contribution in [0.2, 0.25) is 0 Å². The van der Waals surface area contributed by atoms with Crippen LogP contribution in [-0.2, 0) is 23.8 Å². The van der Waals surface area contributed by atoms with Gasteiger partial charge in [0, 0.05) is 20.5 Å². The fraction of sp³-hybridized carbons (Fsp3) is 0.766. The van der Waals surface area contributed by atoms with Gasteiger partial charge in [-0.05, 0) is 104 Å². The highest BCUT2D eigenvalue weighted by molar-refractivity contribution is 5.75. The van der Waals surface area contributed by atoms with Crippen molar-refractivity contribution in [3.63, 3.8) is 0 Å². The van der Waals surface area contributed by atoms with Crippen LogP contribution in [0.3, 0.4) is 0 Å². The quantitative estimate of drug-likeness (QED) is 0.0271.